The van der Waals surface area contributed by atoms with E-state index in [1.54, 1.807) is 0 Å². The summed E-state index contributed by atoms with van der Waals surface area (Å²) in [4.78, 5) is 14.4. The SMILES string of the molecule is CCCN(CC(=O)NC(CC)CC)C(C)(CC)CN. The molecule has 0 aliphatic heterocycles. The van der Waals surface area contributed by atoms with Crippen LogP contribution in [0.3, 0.4) is 0 Å². The molecule has 0 radical (unpaired) electrons. The van der Waals surface area contributed by atoms with Gasteiger partial charge in [0.05, 0.1) is 6.54 Å². The minimum Gasteiger partial charge on any atom is -0.352 e. The summed E-state index contributed by atoms with van der Waals surface area (Å²) in [6.07, 6.45) is 3.96. The van der Waals surface area contributed by atoms with Gasteiger partial charge in [0, 0.05) is 18.1 Å². The van der Waals surface area contributed by atoms with E-state index in [4.69, 9.17) is 5.73 Å². The molecule has 0 aliphatic carbocycles. The molecule has 0 aromatic carbocycles. The van der Waals surface area contributed by atoms with Crippen molar-refractivity contribution in [1.82, 2.24) is 10.2 Å². The van der Waals surface area contributed by atoms with Gasteiger partial charge in [0.15, 0.2) is 0 Å². The Labute approximate surface area is 119 Å². The van der Waals surface area contributed by atoms with Gasteiger partial charge in [-0.05, 0) is 39.2 Å². The van der Waals surface area contributed by atoms with Crippen LogP contribution in [0.4, 0.5) is 0 Å². The molecular weight excluding hydrogens is 238 g/mol. The Kier molecular flexibility index (Phi) is 9.02. The van der Waals surface area contributed by atoms with Gasteiger partial charge in [0.25, 0.3) is 0 Å². The predicted molar refractivity (Wildman–Crippen MR) is 82.1 cm³/mol. The lowest BCUT2D eigenvalue weighted by molar-refractivity contribution is -0.124. The first kappa shape index (κ1) is 18.4. The highest BCUT2D eigenvalue weighted by atomic mass is 16.2. The summed E-state index contributed by atoms with van der Waals surface area (Å²) < 4.78 is 0. The Bertz CT molecular complexity index is 248. The molecule has 1 unspecified atom stereocenters. The largest absolute Gasteiger partial charge is 0.352 e. The van der Waals surface area contributed by atoms with Gasteiger partial charge in [-0.3, -0.25) is 9.69 Å². The molecule has 4 nitrogen and oxygen atoms in total. The van der Waals surface area contributed by atoms with Crippen LogP contribution in [-0.4, -0.2) is 42.0 Å². The Morgan fingerprint density at radius 2 is 1.84 bits per heavy atom. The molecule has 3 N–H and O–H groups in total. The topological polar surface area (TPSA) is 58.4 Å². The molecule has 114 valence electrons. The number of hydrogen-bond donors (Lipinski definition) is 2. The van der Waals surface area contributed by atoms with E-state index in [9.17, 15) is 4.79 Å². The fourth-order valence-electron chi connectivity index (χ4n) is 2.25. The van der Waals surface area contributed by atoms with Gasteiger partial charge in [0.1, 0.15) is 0 Å². The Balaban J connectivity index is 4.61. The maximum absolute atomic E-state index is 12.1. The van der Waals surface area contributed by atoms with Gasteiger partial charge in [-0.1, -0.05) is 27.7 Å². The van der Waals surface area contributed by atoms with Gasteiger partial charge in [-0.2, -0.15) is 0 Å². The maximum Gasteiger partial charge on any atom is 0.234 e. The van der Waals surface area contributed by atoms with E-state index in [0.717, 1.165) is 32.2 Å². The number of carbonyl (C=O) groups is 1. The van der Waals surface area contributed by atoms with Crippen LogP contribution in [0, 0.1) is 0 Å². The average molecular weight is 271 g/mol. The fourth-order valence-corrected chi connectivity index (χ4v) is 2.25. The number of hydrogen-bond acceptors (Lipinski definition) is 3. The molecule has 1 amide bonds. The number of rotatable bonds is 10. The van der Waals surface area contributed by atoms with Gasteiger partial charge >= 0.3 is 0 Å². The van der Waals surface area contributed by atoms with Gasteiger partial charge in [0.2, 0.25) is 5.91 Å². The zero-order valence-electron chi connectivity index (χ0n) is 13.5. The lowest BCUT2D eigenvalue weighted by atomic mass is 9.96. The average Bonchev–Trinajstić information content (AvgIpc) is 2.43. The van der Waals surface area contributed by atoms with E-state index >= 15 is 0 Å². The Hall–Kier alpha value is -0.610. The lowest BCUT2D eigenvalue weighted by Gasteiger charge is -2.39. The van der Waals surface area contributed by atoms with Crippen molar-refractivity contribution in [1.29, 1.82) is 0 Å². The molecule has 0 bridgehead atoms. The summed E-state index contributed by atoms with van der Waals surface area (Å²) in [6, 6.07) is 0.293. The number of nitrogens with two attached hydrogens (primary N) is 1. The van der Waals surface area contributed by atoms with Crippen molar-refractivity contribution in [2.45, 2.75) is 71.9 Å². The third kappa shape index (κ3) is 5.91. The summed E-state index contributed by atoms with van der Waals surface area (Å²) in [7, 11) is 0. The summed E-state index contributed by atoms with van der Waals surface area (Å²) in [5, 5.41) is 3.10. The van der Waals surface area contributed by atoms with Gasteiger partial charge < -0.3 is 11.1 Å². The monoisotopic (exact) mass is 271 g/mol. The van der Waals surface area contributed by atoms with Crippen LogP contribution < -0.4 is 11.1 Å². The molecule has 0 saturated carbocycles. The fraction of sp³-hybridized carbons (Fsp3) is 0.933. The standard InChI is InChI=1S/C15H33N3O/c1-6-10-18(15(5,9-4)12-16)11-14(19)17-13(7-2)8-3/h13H,6-12,16H2,1-5H3,(H,17,19). The minimum atomic E-state index is -0.0821. The molecule has 0 aromatic rings. The molecule has 0 aliphatic rings. The van der Waals surface area contributed by atoms with Crippen molar-refractivity contribution in [3.8, 4) is 0 Å². The van der Waals surface area contributed by atoms with Crippen LogP contribution in [0.1, 0.15) is 60.3 Å². The normalized spacial score (nSPS) is 14.7. The van der Waals surface area contributed by atoms with Gasteiger partial charge in [-0.25, -0.2) is 0 Å². The van der Waals surface area contributed by atoms with Crippen molar-refractivity contribution < 1.29 is 4.79 Å². The molecule has 0 fully saturated rings. The van der Waals surface area contributed by atoms with Crippen LogP contribution >= 0.6 is 0 Å². The van der Waals surface area contributed by atoms with Crippen LogP contribution in [0.15, 0.2) is 0 Å². The number of nitrogens with zero attached hydrogens (tertiary/aromatic N) is 1. The van der Waals surface area contributed by atoms with E-state index in [1.165, 1.54) is 0 Å². The molecule has 19 heavy (non-hydrogen) atoms. The van der Waals surface area contributed by atoms with E-state index in [1.807, 2.05) is 0 Å². The summed E-state index contributed by atoms with van der Waals surface area (Å²) in [5.74, 6) is 0.121. The van der Waals surface area contributed by atoms with Crippen molar-refractivity contribution in [3.63, 3.8) is 0 Å². The third-order valence-electron chi connectivity index (χ3n) is 4.14. The molecule has 1 atom stereocenters. The van der Waals surface area contributed by atoms with Crippen LogP contribution in [0.5, 0.6) is 0 Å². The molecule has 0 rings (SSSR count). The van der Waals surface area contributed by atoms with E-state index in [0.29, 0.717) is 19.1 Å². The van der Waals surface area contributed by atoms with Crippen molar-refractivity contribution >= 4 is 5.91 Å². The first-order chi connectivity index (χ1) is 8.97. The molecule has 0 heterocycles. The second kappa shape index (κ2) is 9.32. The van der Waals surface area contributed by atoms with Crippen molar-refractivity contribution in [2.24, 2.45) is 5.73 Å². The van der Waals surface area contributed by atoms with Gasteiger partial charge in [-0.15, -0.1) is 0 Å². The molecule has 0 spiro atoms. The van der Waals surface area contributed by atoms with Crippen LogP contribution in [-0.2, 0) is 4.79 Å². The molecule has 4 heteroatoms. The second-order valence-electron chi connectivity index (χ2n) is 5.56. The quantitative estimate of drug-likeness (QED) is 0.640. The highest BCUT2D eigenvalue weighted by molar-refractivity contribution is 5.78. The summed E-state index contributed by atoms with van der Waals surface area (Å²) in [5.41, 5.74) is 5.82. The van der Waals surface area contributed by atoms with E-state index < -0.39 is 0 Å². The van der Waals surface area contributed by atoms with Crippen molar-refractivity contribution in [3.05, 3.63) is 0 Å². The molecule has 0 aromatic heterocycles. The number of carbonyl (C=O) groups excluding carboxylic acids is 1. The maximum atomic E-state index is 12.1. The highest BCUT2D eigenvalue weighted by Gasteiger charge is 2.29. The molecule has 0 saturated heterocycles. The van der Waals surface area contributed by atoms with E-state index in [2.05, 4.69) is 44.8 Å². The number of nitrogens with one attached hydrogen (secondary N) is 1. The summed E-state index contributed by atoms with van der Waals surface area (Å²) >= 11 is 0. The van der Waals surface area contributed by atoms with Crippen LogP contribution in [0.25, 0.3) is 0 Å². The molecular formula is C15H33N3O. The zero-order valence-corrected chi connectivity index (χ0v) is 13.5. The second-order valence-corrected chi connectivity index (χ2v) is 5.56. The predicted octanol–water partition coefficient (Wildman–Crippen LogP) is 2.13. The lowest BCUT2D eigenvalue weighted by Crippen LogP contribution is -2.55. The third-order valence-corrected chi connectivity index (χ3v) is 4.14. The zero-order chi connectivity index (χ0) is 14.9. The highest BCUT2D eigenvalue weighted by Crippen LogP contribution is 2.18. The Morgan fingerprint density at radius 1 is 1.26 bits per heavy atom. The Morgan fingerprint density at radius 3 is 2.21 bits per heavy atom. The van der Waals surface area contributed by atoms with Crippen molar-refractivity contribution in [2.75, 3.05) is 19.6 Å². The summed E-state index contributed by atoms with van der Waals surface area (Å²) in [6.45, 7) is 12.6. The smallest absolute Gasteiger partial charge is 0.234 e. The number of amides is 1. The minimum absolute atomic E-state index is 0.0821. The first-order valence-electron chi connectivity index (χ1n) is 7.71. The first-order valence-corrected chi connectivity index (χ1v) is 7.71. The van der Waals surface area contributed by atoms with E-state index in [-0.39, 0.29) is 11.4 Å². The van der Waals surface area contributed by atoms with Crippen LogP contribution in [0.2, 0.25) is 0 Å².